The average molecular weight is 447 g/mol. The van der Waals surface area contributed by atoms with Gasteiger partial charge in [-0.1, -0.05) is 88.8 Å². The van der Waals surface area contributed by atoms with Gasteiger partial charge in [0.1, 0.15) is 5.75 Å². The van der Waals surface area contributed by atoms with Crippen LogP contribution in [0.1, 0.15) is 107 Å². The van der Waals surface area contributed by atoms with Crippen LogP contribution in [-0.4, -0.2) is 5.97 Å². The lowest BCUT2D eigenvalue weighted by Crippen LogP contribution is -2.13. The van der Waals surface area contributed by atoms with Crippen molar-refractivity contribution in [2.75, 3.05) is 0 Å². The second kappa shape index (κ2) is 14.0. The summed E-state index contributed by atoms with van der Waals surface area (Å²) in [6.07, 6.45) is 18.9. The van der Waals surface area contributed by atoms with Gasteiger partial charge in [-0.2, -0.15) is 0 Å². The van der Waals surface area contributed by atoms with Gasteiger partial charge < -0.3 is 4.74 Å². The van der Waals surface area contributed by atoms with Crippen molar-refractivity contribution in [2.24, 2.45) is 5.92 Å². The fourth-order valence-electron chi connectivity index (χ4n) is 5.04. The van der Waals surface area contributed by atoms with Crippen molar-refractivity contribution in [3.63, 3.8) is 0 Å². The lowest BCUT2D eigenvalue weighted by atomic mass is 9.77. The van der Waals surface area contributed by atoms with Gasteiger partial charge in [0.25, 0.3) is 0 Å². The van der Waals surface area contributed by atoms with Crippen LogP contribution in [0.25, 0.3) is 6.08 Å². The van der Waals surface area contributed by atoms with Crippen molar-refractivity contribution in [1.29, 1.82) is 0 Å². The molecular weight excluding hydrogens is 404 g/mol. The van der Waals surface area contributed by atoms with Gasteiger partial charge in [-0.3, -0.25) is 0 Å². The number of benzene rings is 2. The van der Waals surface area contributed by atoms with Gasteiger partial charge in [0.15, 0.2) is 0 Å². The van der Waals surface area contributed by atoms with Gasteiger partial charge in [0.05, 0.1) is 0 Å². The molecule has 0 amide bonds. The third-order valence-corrected chi connectivity index (χ3v) is 7.07. The van der Waals surface area contributed by atoms with Crippen molar-refractivity contribution in [2.45, 2.75) is 96.8 Å². The number of carbonyl (C=O) groups excluding carboxylic acids is 1. The summed E-state index contributed by atoms with van der Waals surface area (Å²) in [6, 6.07) is 16.6. The van der Waals surface area contributed by atoms with E-state index in [1.165, 1.54) is 87.8 Å². The van der Waals surface area contributed by atoms with Gasteiger partial charge >= 0.3 is 5.97 Å². The Morgan fingerprint density at radius 3 is 2.21 bits per heavy atom. The summed E-state index contributed by atoms with van der Waals surface area (Å²) in [5.74, 6) is 1.86. The molecule has 1 fully saturated rings. The molecule has 0 aromatic heterocycles. The smallest absolute Gasteiger partial charge is 0.336 e. The Balaban J connectivity index is 1.42. The minimum atomic E-state index is -0.331. The molecule has 1 aliphatic carbocycles. The highest BCUT2D eigenvalue weighted by Gasteiger charge is 2.21. The van der Waals surface area contributed by atoms with Crippen molar-refractivity contribution < 1.29 is 9.53 Å². The van der Waals surface area contributed by atoms with Gasteiger partial charge in [0, 0.05) is 6.08 Å². The number of carbonyl (C=O) groups is 1. The van der Waals surface area contributed by atoms with Crippen LogP contribution in [0, 0.1) is 5.92 Å². The molecule has 2 aromatic carbocycles. The average Bonchev–Trinajstić information content (AvgIpc) is 2.85. The standard InChI is InChI=1S/C31H42O2/c1-3-5-6-7-8-10-26-11-13-27(14-12-26)17-24-31(32)33-30-22-20-29(21-23-30)28-18-15-25(9-4-2)16-19-28/h11-14,17,20-25,28H,3-10,15-16,18-19H2,1-2H3. The highest BCUT2D eigenvalue weighted by molar-refractivity contribution is 5.88. The van der Waals surface area contributed by atoms with Crippen LogP contribution in [0.3, 0.4) is 0 Å². The second-order valence-electron chi connectivity index (χ2n) is 9.74. The molecule has 0 saturated heterocycles. The van der Waals surface area contributed by atoms with E-state index < -0.39 is 0 Å². The molecule has 178 valence electrons. The SMILES string of the molecule is CCCCCCCc1ccc(C=CC(=O)Oc2ccc(C3CCC(CCC)CC3)cc2)cc1. The molecule has 2 heteroatoms. The molecule has 0 unspecified atom stereocenters. The van der Waals surface area contributed by atoms with Gasteiger partial charge in [-0.15, -0.1) is 0 Å². The fraction of sp³-hybridized carbons (Fsp3) is 0.516. The quantitative estimate of drug-likeness (QED) is 0.141. The van der Waals surface area contributed by atoms with Crippen LogP contribution >= 0.6 is 0 Å². The summed E-state index contributed by atoms with van der Waals surface area (Å²) in [7, 11) is 0. The van der Waals surface area contributed by atoms with E-state index in [9.17, 15) is 4.79 Å². The van der Waals surface area contributed by atoms with E-state index in [1.807, 2.05) is 18.2 Å². The molecule has 2 nitrogen and oxygen atoms in total. The maximum Gasteiger partial charge on any atom is 0.336 e. The maximum atomic E-state index is 12.3. The zero-order valence-corrected chi connectivity index (χ0v) is 20.7. The molecule has 3 rings (SSSR count). The zero-order valence-electron chi connectivity index (χ0n) is 20.7. The van der Waals surface area contributed by atoms with Gasteiger partial charge in [-0.25, -0.2) is 4.79 Å². The van der Waals surface area contributed by atoms with Crippen molar-refractivity contribution in [1.82, 2.24) is 0 Å². The summed E-state index contributed by atoms with van der Waals surface area (Å²) >= 11 is 0. The van der Waals surface area contributed by atoms with E-state index in [0.29, 0.717) is 11.7 Å². The van der Waals surface area contributed by atoms with Crippen LogP contribution in [0.5, 0.6) is 5.75 Å². The van der Waals surface area contributed by atoms with Crippen LogP contribution in [0.4, 0.5) is 0 Å². The van der Waals surface area contributed by atoms with E-state index in [-0.39, 0.29) is 5.97 Å². The first kappa shape index (κ1) is 25.3. The van der Waals surface area contributed by atoms with E-state index in [2.05, 4.69) is 50.2 Å². The van der Waals surface area contributed by atoms with Crippen molar-refractivity contribution >= 4 is 12.0 Å². The van der Waals surface area contributed by atoms with Crippen LogP contribution < -0.4 is 4.74 Å². The van der Waals surface area contributed by atoms with E-state index in [1.54, 1.807) is 0 Å². The molecule has 0 radical (unpaired) electrons. The molecular formula is C31H42O2. The van der Waals surface area contributed by atoms with Crippen LogP contribution in [0.2, 0.25) is 0 Å². The molecule has 1 saturated carbocycles. The highest BCUT2D eigenvalue weighted by atomic mass is 16.5. The maximum absolute atomic E-state index is 12.3. The Labute approximate surface area is 201 Å². The summed E-state index contributed by atoms with van der Waals surface area (Å²) in [4.78, 5) is 12.3. The second-order valence-corrected chi connectivity index (χ2v) is 9.74. The largest absolute Gasteiger partial charge is 0.423 e. The van der Waals surface area contributed by atoms with Gasteiger partial charge in [-0.05, 0) is 85.3 Å². The molecule has 0 aliphatic heterocycles. The first-order valence-corrected chi connectivity index (χ1v) is 13.3. The zero-order chi connectivity index (χ0) is 23.3. The minimum Gasteiger partial charge on any atom is -0.423 e. The molecule has 0 heterocycles. The first-order chi connectivity index (χ1) is 16.2. The lowest BCUT2D eigenvalue weighted by Gasteiger charge is -2.28. The third kappa shape index (κ3) is 8.84. The Morgan fingerprint density at radius 1 is 0.848 bits per heavy atom. The number of rotatable bonds is 12. The number of aryl methyl sites for hydroxylation is 1. The predicted molar refractivity (Wildman–Crippen MR) is 140 cm³/mol. The van der Waals surface area contributed by atoms with E-state index >= 15 is 0 Å². The third-order valence-electron chi connectivity index (χ3n) is 7.07. The summed E-state index contributed by atoms with van der Waals surface area (Å²) in [5, 5.41) is 0. The summed E-state index contributed by atoms with van der Waals surface area (Å²) < 4.78 is 5.51. The number of ether oxygens (including phenoxy) is 1. The Morgan fingerprint density at radius 2 is 1.55 bits per heavy atom. The molecule has 2 aromatic rings. The van der Waals surface area contributed by atoms with Crippen LogP contribution in [0.15, 0.2) is 54.6 Å². The number of hydrogen-bond acceptors (Lipinski definition) is 2. The highest BCUT2D eigenvalue weighted by Crippen LogP contribution is 2.37. The number of unbranched alkanes of at least 4 members (excludes halogenated alkanes) is 4. The van der Waals surface area contributed by atoms with Crippen LogP contribution in [-0.2, 0) is 11.2 Å². The Kier molecular flexibility index (Phi) is 10.7. The molecule has 0 spiro atoms. The van der Waals surface area contributed by atoms with E-state index in [0.717, 1.165) is 17.9 Å². The summed E-state index contributed by atoms with van der Waals surface area (Å²) in [6.45, 7) is 4.53. The van der Waals surface area contributed by atoms with Crippen molar-refractivity contribution in [3.8, 4) is 5.75 Å². The van der Waals surface area contributed by atoms with Gasteiger partial charge in [0.2, 0.25) is 0 Å². The molecule has 1 aliphatic rings. The molecule has 33 heavy (non-hydrogen) atoms. The Hall–Kier alpha value is -2.35. The predicted octanol–water partition coefficient (Wildman–Crippen LogP) is 8.89. The summed E-state index contributed by atoms with van der Waals surface area (Å²) in [5.41, 5.74) is 3.77. The number of hydrogen-bond donors (Lipinski definition) is 0. The molecule has 0 atom stereocenters. The fourth-order valence-corrected chi connectivity index (χ4v) is 5.04. The topological polar surface area (TPSA) is 26.3 Å². The number of esters is 1. The van der Waals surface area contributed by atoms with Crippen molar-refractivity contribution in [3.05, 3.63) is 71.3 Å². The minimum absolute atomic E-state index is 0.331. The molecule has 0 N–H and O–H groups in total. The molecule has 0 bridgehead atoms. The Bertz CT molecular complexity index is 839. The lowest BCUT2D eigenvalue weighted by molar-refractivity contribution is -0.128. The first-order valence-electron chi connectivity index (χ1n) is 13.3. The van der Waals surface area contributed by atoms with E-state index in [4.69, 9.17) is 4.74 Å². The monoisotopic (exact) mass is 446 g/mol. The normalized spacial score (nSPS) is 18.5.